The number of benzene rings is 2. The minimum atomic E-state index is -1.05. The molecule has 0 radical (unpaired) electrons. The number of nitrogens with one attached hydrogen (secondary N) is 1. The number of rotatable bonds is 5. The van der Waals surface area contributed by atoms with Crippen LogP contribution in [0.4, 0.5) is 5.95 Å². The molecule has 1 aliphatic heterocycles. The third-order valence-corrected chi connectivity index (χ3v) is 4.79. The van der Waals surface area contributed by atoms with Gasteiger partial charge in [-0.05, 0) is 32.0 Å². The molecule has 1 aromatic heterocycles. The number of hydrogen-bond acceptors (Lipinski definition) is 5. The fourth-order valence-electron chi connectivity index (χ4n) is 3.69. The third kappa shape index (κ3) is 2.89. The number of esters is 1. The summed E-state index contributed by atoms with van der Waals surface area (Å²) in [4.78, 5) is 30.2. The summed E-state index contributed by atoms with van der Waals surface area (Å²) in [5, 5.41) is 2.76. The lowest BCUT2D eigenvalue weighted by molar-refractivity contribution is -0.152. The molecule has 2 aromatic carbocycles. The number of imidazole rings is 1. The number of amides is 1. The minimum absolute atomic E-state index is 0.194. The average Bonchev–Trinajstić information content (AvgIpc) is 3.05. The van der Waals surface area contributed by atoms with Crippen molar-refractivity contribution >= 4 is 28.9 Å². The zero-order valence-electron chi connectivity index (χ0n) is 15.7. The molecular formula is C21H21N3O4. The molecule has 28 heavy (non-hydrogen) atoms. The quantitative estimate of drug-likeness (QED) is 0.544. The molecular weight excluding hydrogens is 358 g/mol. The molecule has 0 saturated carbocycles. The number of carbonyl (C=O) groups excluding carboxylic acids is 2. The van der Waals surface area contributed by atoms with Crippen molar-refractivity contribution < 1.29 is 19.1 Å². The normalized spacial score (nSPS) is 18.4. The summed E-state index contributed by atoms with van der Waals surface area (Å²) in [7, 11) is 0. The Morgan fingerprint density at radius 3 is 2.64 bits per heavy atom. The highest BCUT2D eigenvalue weighted by molar-refractivity contribution is 6.07. The van der Waals surface area contributed by atoms with Crippen LogP contribution in [-0.4, -0.2) is 34.6 Å². The first kappa shape index (κ1) is 18.0. The van der Waals surface area contributed by atoms with Crippen molar-refractivity contribution in [2.75, 3.05) is 18.5 Å². The topological polar surface area (TPSA) is 82.5 Å². The summed E-state index contributed by atoms with van der Waals surface area (Å²) >= 11 is 0. The molecule has 0 saturated heterocycles. The van der Waals surface area contributed by atoms with Crippen molar-refractivity contribution in [2.45, 2.75) is 19.9 Å². The first-order valence-corrected chi connectivity index (χ1v) is 9.31. The Bertz CT molecular complexity index is 1040. The lowest BCUT2D eigenvalue weighted by Crippen LogP contribution is -2.43. The van der Waals surface area contributed by atoms with Crippen LogP contribution in [0.5, 0.6) is 5.75 Å². The Labute approximate surface area is 162 Å². The molecule has 144 valence electrons. The number of hydrogen-bond donors (Lipinski definition) is 1. The number of carbonyl (C=O) groups is 2. The van der Waals surface area contributed by atoms with E-state index in [2.05, 4.69) is 10.3 Å². The van der Waals surface area contributed by atoms with Crippen LogP contribution in [-0.2, 0) is 14.3 Å². The van der Waals surface area contributed by atoms with Gasteiger partial charge in [0.05, 0.1) is 30.3 Å². The summed E-state index contributed by atoms with van der Waals surface area (Å²) in [6.45, 7) is 4.28. The lowest BCUT2D eigenvalue weighted by Gasteiger charge is -2.33. The van der Waals surface area contributed by atoms with Crippen molar-refractivity contribution in [3.05, 3.63) is 54.1 Å². The van der Waals surface area contributed by atoms with Gasteiger partial charge >= 0.3 is 5.97 Å². The van der Waals surface area contributed by atoms with Crippen LogP contribution in [0, 0.1) is 5.92 Å². The molecule has 2 atom stereocenters. The van der Waals surface area contributed by atoms with Gasteiger partial charge in [0, 0.05) is 5.56 Å². The molecule has 2 heterocycles. The standard InChI is InChI=1S/C21H21N3O4/c1-3-27-16-12-8-5-9-13(16)18-17(20(26)28-4-2)19(25)23-21-22-14-10-6-7-11-15(14)24(18)21/h5-12,17-18H,3-4H2,1-2H3,(H,22,23,25)/t17-,18-/m1/s1. The Morgan fingerprint density at radius 1 is 1.11 bits per heavy atom. The first-order valence-electron chi connectivity index (χ1n) is 9.31. The molecule has 3 aromatic rings. The number of fused-ring (bicyclic) bond motifs is 3. The number of para-hydroxylation sites is 3. The SMILES string of the molecule is CCOC(=O)[C@H]1C(=O)Nc2nc3ccccc3n2[C@@H]1c1ccccc1OCC. The van der Waals surface area contributed by atoms with Crippen LogP contribution in [0.2, 0.25) is 0 Å². The van der Waals surface area contributed by atoms with Crippen LogP contribution in [0.25, 0.3) is 11.0 Å². The maximum atomic E-state index is 12.9. The first-order chi connectivity index (χ1) is 13.7. The molecule has 0 aliphatic carbocycles. The van der Waals surface area contributed by atoms with Crippen LogP contribution in [0.15, 0.2) is 48.5 Å². The van der Waals surface area contributed by atoms with Gasteiger partial charge in [-0.2, -0.15) is 0 Å². The van der Waals surface area contributed by atoms with Gasteiger partial charge in [-0.15, -0.1) is 0 Å². The predicted octanol–water partition coefficient (Wildman–Crippen LogP) is 3.16. The van der Waals surface area contributed by atoms with Gasteiger partial charge in [0.1, 0.15) is 5.75 Å². The van der Waals surface area contributed by atoms with Gasteiger partial charge in [-0.3, -0.25) is 14.9 Å². The van der Waals surface area contributed by atoms with Crippen molar-refractivity contribution in [1.82, 2.24) is 9.55 Å². The van der Waals surface area contributed by atoms with E-state index in [9.17, 15) is 9.59 Å². The summed E-state index contributed by atoms with van der Waals surface area (Å²) in [6, 6.07) is 14.4. The second-order valence-corrected chi connectivity index (χ2v) is 6.43. The molecule has 0 bridgehead atoms. The lowest BCUT2D eigenvalue weighted by atomic mass is 9.89. The van der Waals surface area contributed by atoms with E-state index in [1.165, 1.54) is 0 Å². The van der Waals surface area contributed by atoms with Gasteiger partial charge in [-0.25, -0.2) is 4.98 Å². The molecule has 0 fully saturated rings. The van der Waals surface area contributed by atoms with E-state index in [0.29, 0.717) is 18.3 Å². The summed E-state index contributed by atoms with van der Waals surface area (Å²) in [5.41, 5.74) is 2.30. The number of aromatic nitrogens is 2. The largest absolute Gasteiger partial charge is 0.494 e. The number of anilines is 1. The van der Waals surface area contributed by atoms with E-state index >= 15 is 0 Å². The van der Waals surface area contributed by atoms with E-state index in [4.69, 9.17) is 9.47 Å². The highest BCUT2D eigenvalue weighted by Crippen LogP contribution is 2.41. The molecule has 4 rings (SSSR count). The van der Waals surface area contributed by atoms with E-state index in [1.54, 1.807) is 6.92 Å². The third-order valence-electron chi connectivity index (χ3n) is 4.79. The zero-order valence-corrected chi connectivity index (χ0v) is 15.7. The maximum Gasteiger partial charge on any atom is 0.321 e. The van der Waals surface area contributed by atoms with E-state index < -0.39 is 23.8 Å². The smallest absolute Gasteiger partial charge is 0.321 e. The van der Waals surface area contributed by atoms with Crippen molar-refractivity contribution in [3.63, 3.8) is 0 Å². The molecule has 1 aliphatic rings. The summed E-state index contributed by atoms with van der Waals surface area (Å²) in [6.07, 6.45) is 0. The van der Waals surface area contributed by atoms with Crippen LogP contribution in [0.3, 0.4) is 0 Å². The van der Waals surface area contributed by atoms with E-state index in [1.807, 2.05) is 60.0 Å². The second-order valence-electron chi connectivity index (χ2n) is 6.43. The highest BCUT2D eigenvalue weighted by Gasteiger charge is 2.45. The van der Waals surface area contributed by atoms with Gasteiger partial charge < -0.3 is 14.0 Å². The van der Waals surface area contributed by atoms with E-state index in [-0.39, 0.29) is 6.61 Å². The fourth-order valence-corrected chi connectivity index (χ4v) is 3.69. The molecule has 7 heteroatoms. The van der Waals surface area contributed by atoms with Crippen LogP contribution < -0.4 is 10.1 Å². The van der Waals surface area contributed by atoms with Crippen molar-refractivity contribution in [2.24, 2.45) is 5.92 Å². The predicted molar refractivity (Wildman–Crippen MR) is 104 cm³/mol. The van der Waals surface area contributed by atoms with Crippen LogP contribution in [0.1, 0.15) is 25.5 Å². The number of nitrogens with zero attached hydrogens (tertiary/aromatic N) is 2. The Morgan fingerprint density at radius 2 is 1.86 bits per heavy atom. The van der Waals surface area contributed by atoms with Gasteiger partial charge in [0.15, 0.2) is 5.92 Å². The Hall–Kier alpha value is -3.35. The molecule has 0 spiro atoms. The summed E-state index contributed by atoms with van der Waals surface area (Å²) < 4.78 is 12.9. The molecule has 0 unspecified atom stereocenters. The highest BCUT2D eigenvalue weighted by atomic mass is 16.5. The zero-order chi connectivity index (χ0) is 19.7. The fraction of sp³-hybridized carbons (Fsp3) is 0.286. The molecule has 1 N–H and O–H groups in total. The average molecular weight is 379 g/mol. The van der Waals surface area contributed by atoms with Crippen molar-refractivity contribution in [3.8, 4) is 5.75 Å². The maximum absolute atomic E-state index is 12.9. The molecule has 1 amide bonds. The van der Waals surface area contributed by atoms with E-state index in [0.717, 1.165) is 16.6 Å². The van der Waals surface area contributed by atoms with Gasteiger partial charge in [0.25, 0.3) is 0 Å². The Balaban J connectivity index is 1.98. The summed E-state index contributed by atoms with van der Waals surface area (Å²) in [5.74, 6) is -1.02. The van der Waals surface area contributed by atoms with Gasteiger partial charge in [0.2, 0.25) is 11.9 Å². The van der Waals surface area contributed by atoms with Crippen molar-refractivity contribution in [1.29, 1.82) is 0 Å². The second kappa shape index (κ2) is 7.34. The van der Waals surface area contributed by atoms with Crippen LogP contribution >= 0.6 is 0 Å². The minimum Gasteiger partial charge on any atom is -0.494 e. The molecule has 7 nitrogen and oxygen atoms in total. The monoisotopic (exact) mass is 379 g/mol. The van der Waals surface area contributed by atoms with Gasteiger partial charge in [-0.1, -0.05) is 30.3 Å². The number of ether oxygens (including phenoxy) is 2. The Kier molecular flexibility index (Phi) is 4.73.